The fraction of sp³-hybridized carbons (Fsp3) is 0.118. The molecule has 0 aliphatic carbocycles. The standard InChI is InChI=1S/C17H16FN3O2S/c1-21-12-11-19-17(21)16(13-5-3-2-4-6-13)20-24(22,23)15-9-7-14(18)8-10-15/h2-12,16,20H,1H3. The zero-order valence-corrected chi connectivity index (χ0v) is 13.7. The molecule has 0 radical (unpaired) electrons. The topological polar surface area (TPSA) is 64.0 Å². The van der Waals surface area contributed by atoms with E-state index >= 15 is 0 Å². The molecule has 3 aromatic rings. The van der Waals surface area contributed by atoms with E-state index in [1.54, 1.807) is 24.0 Å². The molecule has 0 aliphatic heterocycles. The molecular formula is C17H16FN3O2S. The predicted molar refractivity (Wildman–Crippen MR) is 88.2 cm³/mol. The van der Waals surface area contributed by atoms with Gasteiger partial charge < -0.3 is 4.57 Å². The second kappa shape index (κ2) is 6.54. The highest BCUT2D eigenvalue weighted by molar-refractivity contribution is 7.89. The Hall–Kier alpha value is -2.51. The monoisotopic (exact) mass is 345 g/mol. The summed E-state index contributed by atoms with van der Waals surface area (Å²) in [6, 6.07) is 13.2. The van der Waals surface area contributed by atoms with Gasteiger partial charge in [0.15, 0.2) is 0 Å². The van der Waals surface area contributed by atoms with Gasteiger partial charge in [-0.2, -0.15) is 4.72 Å². The van der Waals surface area contributed by atoms with Gasteiger partial charge in [-0.05, 0) is 29.8 Å². The average Bonchev–Trinajstić information content (AvgIpc) is 3.00. The minimum atomic E-state index is -3.84. The van der Waals surface area contributed by atoms with Crippen molar-refractivity contribution in [3.8, 4) is 0 Å². The van der Waals surface area contributed by atoms with Crippen LogP contribution < -0.4 is 4.72 Å². The fourth-order valence-corrected chi connectivity index (χ4v) is 3.59. The van der Waals surface area contributed by atoms with Crippen molar-refractivity contribution in [2.24, 2.45) is 7.05 Å². The largest absolute Gasteiger partial charge is 0.336 e. The van der Waals surface area contributed by atoms with E-state index in [9.17, 15) is 12.8 Å². The summed E-state index contributed by atoms with van der Waals surface area (Å²) >= 11 is 0. The summed E-state index contributed by atoms with van der Waals surface area (Å²) in [4.78, 5) is 4.26. The molecule has 0 saturated heterocycles. The highest BCUT2D eigenvalue weighted by Crippen LogP contribution is 2.23. The molecule has 1 heterocycles. The number of hydrogen-bond donors (Lipinski definition) is 1. The summed E-state index contributed by atoms with van der Waals surface area (Å²) in [7, 11) is -2.04. The summed E-state index contributed by atoms with van der Waals surface area (Å²) in [5.41, 5.74) is 0.762. The van der Waals surface area contributed by atoms with Crippen LogP contribution in [0.4, 0.5) is 4.39 Å². The van der Waals surface area contributed by atoms with Gasteiger partial charge >= 0.3 is 0 Å². The number of nitrogens with one attached hydrogen (secondary N) is 1. The first kappa shape index (κ1) is 16.4. The van der Waals surface area contributed by atoms with Crippen molar-refractivity contribution in [1.82, 2.24) is 14.3 Å². The summed E-state index contributed by atoms with van der Waals surface area (Å²) < 4.78 is 42.8. The molecular weight excluding hydrogens is 329 g/mol. The molecule has 1 aromatic heterocycles. The molecule has 124 valence electrons. The van der Waals surface area contributed by atoms with Gasteiger partial charge in [0.25, 0.3) is 0 Å². The maximum Gasteiger partial charge on any atom is 0.241 e. The minimum absolute atomic E-state index is 0.000889. The first-order valence-electron chi connectivity index (χ1n) is 7.27. The molecule has 1 atom stereocenters. The lowest BCUT2D eigenvalue weighted by Crippen LogP contribution is -2.31. The van der Waals surface area contributed by atoms with E-state index in [-0.39, 0.29) is 4.90 Å². The molecule has 2 aromatic carbocycles. The third kappa shape index (κ3) is 3.37. The maximum absolute atomic E-state index is 13.0. The lowest BCUT2D eigenvalue weighted by atomic mass is 10.1. The van der Waals surface area contributed by atoms with Crippen LogP contribution in [0.1, 0.15) is 17.4 Å². The van der Waals surface area contributed by atoms with Crippen molar-refractivity contribution in [2.75, 3.05) is 0 Å². The van der Waals surface area contributed by atoms with Crippen molar-refractivity contribution in [1.29, 1.82) is 0 Å². The van der Waals surface area contributed by atoms with Gasteiger partial charge in [-0.15, -0.1) is 0 Å². The number of imidazole rings is 1. The number of benzene rings is 2. The van der Waals surface area contributed by atoms with Gasteiger partial charge in [-0.25, -0.2) is 17.8 Å². The Bertz CT molecular complexity index is 922. The Labute approximate surface area is 139 Å². The molecule has 3 rings (SSSR count). The number of hydrogen-bond acceptors (Lipinski definition) is 3. The second-order valence-corrected chi connectivity index (χ2v) is 7.03. The molecule has 5 nitrogen and oxygen atoms in total. The SMILES string of the molecule is Cn1ccnc1C(NS(=O)(=O)c1ccc(F)cc1)c1ccccc1. The highest BCUT2D eigenvalue weighted by atomic mass is 32.2. The van der Waals surface area contributed by atoms with E-state index in [4.69, 9.17) is 0 Å². The van der Waals surface area contributed by atoms with Crippen LogP contribution in [0.15, 0.2) is 71.9 Å². The van der Waals surface area contributed by atoms with Crippen LogP contribution in [0.25, 0.3) is 0 Å². The summed E-state index contributed by atoms with van der Waals surface area (Å²) in [6.45, 7) is 0. The van der Waals surface area contributed by atoms with Crippen molar-refractivity contribution in [2.45, 2.75) is 10.9 Å². The van der Waals surface area contributed by atoms with Gasteiger partial charge in [0.05, 0.1) is 4.90 Å². The van der Waals surface area contributed by atoms with Crippen LogP contribution in [0.3, 0.4) is 0 Å². The van der Waals surface area contributed by atoms with Crippen LogP contribution in [0, 0.1) is 5.82 Å². The van der Waals surface area contributed by atoms with E-state index in [1.807, 2.05) is 30.3 Å². The zero-order valence-electron chi connectivity index (χ0n) is 12.9. The Balaban J connectivity index is 2.01. The first-order chi connectivity index (χ1) is 11.5. The van der Waals surface area contributed by atoms with E-state index in [1.165, 1.54) is 12.1 Å². The third-order valence-electron chi connectivity index (χ3n) is 3.65. The Morgan fingerprint density at radius 2 is 1.75 bits per heavy atom. The Morgan fingerprint density at radius 3 is 2.33 bits per heavy atom. The molecule has 0 bridgehead atoms. The van der Waals surface area contributed by atoms with Crippen LogP contribution in [-0.2, 0) is 17.1 Å². The van der Waals surface area contributed by atoms with E-state index in [0.717, 1.165) is 17.7 Å². The van der Waals surface area contributed by atoms with Gasteiger partial charge in [0.2, 0.25) is 10.0 Å². The lowest BCUT2D eigenvalue weighted by Gasteiger charge is -2.19. The van der Waals surface area contributed by atoms with E-state index in [2.05, 4.69) is 9.71 Å². The number of aryl methyl sites for hydroxylation is 1. The minimum Gasteiger partial charge on any atom is -0.336 e. The predicted octanol–water partition coefficient (Wildman–Crippen LogP) is 2.63. The molecule has 0 spiro atoms. The quantitative estimate of drug-likeness (QED) is 0.773. The van der Waals surface area contributed by atoms with Crippen molar-refractivity contribution < 1.29 is 12.8 Å². The second-order valence-electron chi connectivity index (χ2n) is 5.32. The number of halogens is 1. The van der Waals surface area contributed by atoms with Gasteiger partial charge in [0, 0.05) is 19.4 Å². The molecule has 0 aliphatic rings. The summed E-state index contributed by atoms with van der Waals surface area (Å²) in [6.07, 6.45) is 3.36. The lowest BCUT2D eigenvalue weighted by molar-refractivity contribution is 0.562. The van der Waals surface area contributed by atoms with Crippen LogP contribution in [0.2, 0.25) is 0 Å². The fourth-order valence-electron chi connectivity index (χ4n) is 2.41. The Morgan fingerprint density at radius 1 is 1.08 bits per heavy atom. The Kier molecular flexibility index (Phi) is 4.46. The number of aromatic nitrogens is 2. The van der Waals surface area contributed by atoms with Crippen LogP contribution >= 0.6 is 0 Å². The number of sulfonamides is 1. The summed E-state index contributed by atoms with van der Waals surface area (Å²) in [5.74, 6) is 0.0737. The van der Waals surface area contributed by atoms with E-state index < -0.39 is 21.9 Å². The van der Waals surface area contributed by atoms with Crippen molar-refractivity contribution >= 4 is 10.0 Å². The van der Waals surface area contributed by atoms with Crippen molar-refractivity contribution in [3.63, 3.8) is 0 Å². The molecule has 0 saturated carbocycles. The molecule has 0 amide bonds. The third-order valence-corrected chi connectivity index (χ3v) is 5.09. The smallest absolute Gasteiger partial charge is 0.241 e. The van der Waals surface area contributed by atoms with Gasteiger partial charge in [0.1, 0.15) is 17.7 Å². The maximum atomic E-state index is 13.0. The molecule has 24 heavy (non-hydrogen) atoms. The molecule has 0 fully saturated rings. The first-order valence-corrected chi connectivity index (χ1v) is 8.76. The van der Waals surface area contributed by atoms with Gasteiger partial charge in [-0.3, -0.25) is 0 Å². The van der Waals surface area contributed by atoms with Crippen molar-refractivity contribution in [3.05, 3.63) is 84.2 Å². The number of rotatable bonds is 5. The van der Waals surface area contributed by atoms with Gasteiger partial charge in [-0.1, -0.05) is 30.3 Å². The highest BCUT2D eigenvalue weighted by Gasteiger charge is 2.25. The van der Waals surface area contributed by atoms with Crippen LogP contribution in [-0.4, -0.2) is 18.0 Å². The number of nitrogens with zero attached hydrogens (tertiary/aromatic N) is 2. The zero-order chi connectivity index (χ0) is 17.2. The molecule has 1 N–H and O–H groups in total. The van der Waals surface area contributed by atoms with Crippen LogP contribution in [0.5, 0.6) is 0 Å². The van der Waals surface area contributed by atoms with E-state index in [0.29, 0.717) is 5.82 Å². The normalized spacial score (nSPS) is 12.9. The molecule has 7 heteroatoms. The molecule has 1 unspecified atom stereocenters. The summed E-state index contributed by atoms with van der Waals surface area (Å²) in [5, 5.41) is 0. The average molecular weight is 345 g/mol.